The molecule has 2 nitrogen and oxygen atoms in total. The zero-order valence-electron chi connectivity index (χ0n) is 19.1. The molecule has 33 heavy (non-hydrogen) atoms. The zero-order valence-corrected chi connectivity index (χ0v) is 21.5. The number of hydrogen-bond acceptors (Lipinski definition) is 3. The Morgan fingerprint density at radius 3 is 2.58 bits per heavy atom. The highest BCUT2D eigenvalue weighted by Gasteiger charge is 2.63. The van der Waals surface area contributed by atoms with E-state index in [4.69, 9.17) is 34.6 Å². The molecule has 1 aromatic heterocycles. The third kappa shape index (κ3) is 2.88. The molecular weight excluding hydrogens is 469 g/mol. The second-order valence-electron chi connectivity index (χ2n) is 11.0. The highest BCUT2D eigenvalue weighted by molar-refractivity contribution is 7.16. The maximum atomic E-state index is 11.2. The van der Waals surface area contributed by atoms with Crippen LogP contribution in [0.4, 0.5) is 0 Å². The van der Waals surface area contributed by atoms with Crippen molar-refractivity contribution in [2.45, 2.75) is 64.4 Å². The molecule has 0 amide bonds. The lowest BCUT2D eigenvalue weighted by Crippen LogP contribution is -2.53. The van der Waals surface area contributed by atoms with Crippen LogP contribution in [0.2, 0.25) is 10.0 Å². The number of rotatable bonds is 1. The SMILES string of the molecule is C#C[C@]1(O)CC[C@H]2[C@@H]3CC=C4c5sc(-c6c(Cl)cccc6Cl)nc5CC[C@]4(C)[C@H]3CC[C@@]21C. The summed E-state index contributed by atoms with van der Waals surface area (Å²) in [5, 5.41) is 13.5. The summed E-state index contributed by atoms with van der Waals surface area (Å²) in [6, 6.07) is 5.65. The van der Waals surface area contributed by atoms with E-state index in [1.165, 1.54) is 16.1 Å². The molecular formula is C28H29Cl2NOS. The van der Waals surface area contributed by atoms with Crippen molar-refractivity contribution in [1.29, 1.82) is 0 Å². The van der Waals surface area contributed by atoms with Gasteiger partial charge in [0.25, 0.3) is 0 Å². The Morgan fingerprint density at radius 1 is 1.12 bits per heavy atom. The minimum absolute atomic E-state index is 0.141. The molecule has 1 aromatic carbocycles. The van der Waals surface area contributed by atoms with Crippen LogP contribution >= 0.6 is 34.5 Å². The van der Waals surface area contributed by atoms with E-state index >= 15 is 0 Å². The Hall–Kier alpha value is -1.31. The molecule has 0 unspecified atom stereocenters. The Morgan fingerprint density at radius 2 is 1.85 bits per heavy atom. The van der Waals surface area contributed by atoms with E-state index in [1.54, 1.807) is 11.3 Å². The largest absolute Gasteiger partial charge is 0.377 e. The predicted molar refractivity (Wildman–Crippen MR) is 137 cm³/mol. The maximum Gasteiger partial charge on any atom is 0.130 e. The minimum atomic E-state index is -0.950. The first kappa shape index (κ1) is 22.2. The quantitative estimate of drug-likeness (QED) is 0.410. The number of aromatic nitrogens is 1. The van der Waals surface area contributed by atoms with Crippen LogP contribution in [0.1, 0.15) is 62.9 Å². The second-order valence-corrected chi connectivity index (χ2v) is 12.9. The minimum Gasteiger partial charge on any atom is -0.377 e. The number of nitrogens with zero attached hydrogens (tertiary/aromatic N) is 1. The molecule has 1 heterocycles. The van der Waals surface area contributed by atoms with Gasteiger partial charge in [-0.2, -0.15) is 0 Å². The normalized spacial score (nSPS) is 39.0. The van der Waals surface area contributed by atoms with Gasteiger partial charge in [0.15, 0.2) is 0 Å². The van der Waals surface area contributed by atoms with Crippen LogP contribution in [-0.2, 0) is 6.42 Å². The van der Waals surface area contributed by atoms with Crippen LogP contribution < -0.4 is 0 Å². The van der Waals surface area contributed by atoms with Gasteiger partial charge in [0.2, 0.25) is 0 Å². The molecule has 0 bridgehead atoms. The van der Waals surface area contributed by atoms with Gasteiger partial charge in [-0.3, -0.25) is 0 Å². The average molecular weight is 499 g/mol. The van der Waals surface area contributed by atoms with Gasteiger partial charge in [-0.15, -0.1) is 17.8 Å². The van der Waals surface area contributed by atoms with E-state index in [0.717, 1.165) is 55.5 Å². The number of allylic oxidation sites excluding steroid dienone is 2. The van der Waals surface area contributed by atoms with Crippen molar-refractivity contribution in [3.05, 3.63) is 44.9 Å². The number of thiazole rings is 1. The fourth-order valence-electron chi connectivity index (χ4n) is 7.94. The monoisotopic (exact) mass is 497 g/mol. The van der Waals surface area contributed by atoms with E-state index in [1.807, 2.05) is 18.2 Å². The molecule has 0 spiro atoms. The molecule has 6 rings (SSSR count). The summed E-state index contributed by atoms with van der Waals surface area (Å²) in [6.45, 7) is 4.73. The molecule has 0 aliphatic heterocycles. The smallest absolute Gasteiger partial charge is 0.130 e. The fraction of sp³-hybridized carbons (Fsp3) is 0.536. The van der Waals surface area contributed by atoms with E-state index in [9.17, 15) is 5.11 Å². The number of aliphatic hydroxyl groups is 1. The summed E-state index contributed by atoms with van der Waals surface area (Å²) in [7, 11) is 0. The van der Waals surface area contributed by atoms with Crippen LogP contribution in [-0.4, -0.2) is 15.7 Å². The predicted octanol–water partition coefficient (Wildman–Crippen LogP) is 7.66. The van der Waals surface area contributed by atoms with Crippen LogP contribution in [0.3, 0.4) is 0 Å². The van der Waals surface area contributed by atoms with Crippen LogP contribution in [0.25, 0.3) is 16.1 Å². The van der Waals surface area contributed by atoms with E-state index in [2.05, 4.69) is 25.8 Å². The number of halogens is 2. The van der Waals surface area contributed by atoms with Gasteiger partial charge in [-0.1, -0.05) is 55.1 Å². The maximum absolute atomic E-state index is 11.2. The van der Waals surface area contributed by atoms with Crippen molar-refractivity contribution in [3.63, 3.8) is 0 Å². The van der Waals surface area contributed by atoms with Crippen molar-refractivity contribution in [3.8, 4) is 22.9 Å². The van der Waals surface area contributed by atoms with Crippen molar-refractivity contribution >= 4 is 40.1 Å². The zero-order chi connectivity index (χ0) is 23.2. The van der Waals surface area contributed by atoms with Gasteiger partial charge in [0.05, 0.1) is 20.6 Å². The number of hydrogen-bond donors (Lipinski definition) is 1. The molecule has 2 aromatic rings. The van der Waals surface area contributed by atoms with Gasteiger partial charge in [0, 0.05) is 11.0 Å². The highest BCUT2D eigenvalue weighted by atomic mass is 35.5. The molecule has 4 aliphatic carbocycles. The molecule has 1 N–H and O–H groups in total. The highest BCUT2D eigenvalue weighted by Crippen LogP contribution is 2.68. The van der Waals surface area contributed by atoms with Crippen molar-refractivity contribution in [2.75, 3.05) is 0 Å². The summed E-state index contributed by atoms with van der Waals surface area (Å²) in [5.74, 6) is 4.50. The summed E-state index contributed by atoms with van der Waals surface area (Å²) in [6.07, 6.45) is 15.4. The number of benzene rings is 1. The molecule has 172 valence electrons. The standard InChI is InChI=1S/C28H29Cl2NOS/c1-4-28(32)15-11-18-16-8-9-19-24-22(12-13-26(19,2)17(16)10-14-27(18,28)3)31-25(33-24)23-20(29)6-5-7-21(23)30/h1,5-7,9,16-18,32H,8,10-15H2,2-3H3/t16-,17+,18+,26-,27+,28+/m1/s1. The van der Waals surface area contributed by atoms with Gasteiger partial charge < -0.3 is 5.11 Å². The molecule has 0 radical (unpaired) electrons. The van der Waals surface area contributed by atoms with E-state index in [0.29, 0.717) is 27.8 Å². The summed E-state index contributed by atoms with van der Waals surface area (Å²) in [4.78, 5) is 6.34. The second kappa shape index (κ2) is 7.34. The van der Waals surface area contributed by atoms with Crippen LogP contribution in [0.15, 0.2) is 24.3 Å². The topological polar surface area (TPSA) is 33.1 Å². The molecule has 2 fully saturated rings. The molecule has 5 heteroatoms. The van der Waals surface area contributed by atoms with Crippen molar-refractivity contribution in [1.82, 2.24) is 4.98 Å². The summed E-state index contributed by atoms with van der Waals surface area (Å²) >= 11 is 14.8. The van der Waals surface area contributed by atoms with Gasteiger partial charge in [0.1, 0.15) is 10.6 Å². The van der Waals surface area contributed by atoms with Gasteiger partial charge in [-0.25, -0.2) is 4.98 Å². The third-order valence-corrected chi connectivity index (χ3v) is 11.6. The average Bonchev–Trinajstić information content (AvgIpc) is 3.32. The van der Waals surface area contributed by atoms with Crippen LogP contribution in [0.5, 0.6) is 0 Å². The molecule has 6 atom stereocenters. The lowest BCUT2D eigenvalue weighted by Gasteiger charge is -2.57. The first-order valence-electron chi connectivity index (χ1n) is 12.1. The summed E-state index contributed by atoms with van der Waals surface area (Å²) in [5.41, 5.74) is 2.55. The lowest BCUT2D eigenvalue weighted by atomic mass is 9.47. The fourth-order valence-corrected chi connectivity index (χ4v) is 9.99. The number of aryl methyl sites for hydroxylation is 1. The Balaban J connectivity index is 1.40. The first-order valence-corrected chi connectivity index (χ1v) is 13.6. The number of fused-ring (bicyclic) bond motifs is 7. The van der Waals surface area contributed by atoms with Crippen LogP contribution in [0, 0.1) is 40.9 Å². The Kier molecular flexibility index (Phi) is 4.94. The Bertz CT molecular complexity index is 1210. The lowest BCUT2D eigenvalue weighted by molar-refractivity contribution is -0.0886. The molecule has 2 saturated carbocycles. The first-order chi connectivity index (χ1) is 15.7. The molecule has 0 saturated heterocycles. The number of terminal acetylenes is 1. The Labute approximate surface area is 210 Å². The van der Waals surface area contributed by atoms with E-state index in [-0.39, 0.29) is 10.8 Å². The van der Waals surface area contributed by atoms with E-state index < -0.39 is 5.60 Å². The third-order valence-electron chi connectivity index (χ3n) is 9.85. The summed E-state index contributed by atoms with van der Waals surface area (Å²) < 4.78 is 0. The van der Waals surface area contributed by atoms with Gasteiger partial charge in [-0.05, 0) is 85.8 Å². The van der Waals surface area contributed by atoms with Gasteiger partial charge >= 0.3 is 0 Å². The van der Waals surface area contributed by atoms with Crippen molar-refractivity contribution in [2.24, 2.45) is 28.6 Å². The molecule has 4 aliphatic rings. The van der Waals surface area contributed by atoms with Crippen molar-refractivity contribution < 1.29 is 5.11 Å².